The van der Waals surface area contributed by atoms with Gasteiger partial charge in [0.1, 0.15) is 23.2 Å². The van der Waals surface area contributed by atoms with Crippen LogP contribution in [0, 0.1) is 17.0 Å². The van der Waals surface area contributed by atoms with Crippen molar-refractivity contribution >= 4 is 17.6 Å². The van der Waals surface area contributed by atoms with Gasteiger partial charge in [0.15, 0.2) is 12.7 Å². The Morgan fingerprint density at radius 3 is 2.25 bits per heavy atom. The van der Waals surface area contributed by atoms with Crippen LogP contribution in [0.15, 0.2) is 60.7 Å². The van der Waals surface area contributed by atoms with E-state index in [9.17, 15) is 9.59 Å². The molecule has 0 aliphatic rings. The zero-order chi connectivity index (χ0) is 26.2. The first-order valence-electron chi connectivity index (χ1n) is 11.0. The molecule has 10 heteroatoms. The van der Waals surface area contributed by atoms with Crippen LogP contribution in [-0.4, -0.2) is 30.9 Å². The molecule has 0 radical (unpaired) electrons. The van der Waals surface area contributed by atoms with Gasteiger partial charge in [0.05, 0.1) is 5.56 Å². The highest BCUT2D eigenvalue weighted by Crippen LogP contribution is 2.34. The number of halogens is 2. The van der Waals surface area contributed by atoms with Crippen LogP contribution in [-0.2, 0) is 20.9 Å². The second-order valence-corrected chi connectivity index (χ2v) is 7.77. The van der Waals surface area contributed by atoms with Gasteiger partial charge in [0, 0.05) is 24.3 Å². The van der Waals surface area contributed by atoms with Crippen molar-refractivity contribution in [2.45, 2.75) is 19.6 Å². The maximum absolute atomic E-state index is 15.2. The standard InChI is InChI=1S/C26H26F2N4O4/c1-2-35-24(26(34)32-13-15-7-9-16(10-8-15)25(30)31)23-19(27)11-17(12-20(23)28)18-5-3-4-6-21(18)36-14-22(29)33/h3-12,24H,2,13-14H2,1H3,(H2,29,33)(H3,30,31)(H,32,34)/t24-/m0/s1. The quantitative estimate of drug-likeness (QED) is 0.238. The Labute approximate surface area is 206 Å². The van der Waals surface area contributed by atoms with Crippen molar-refractivity contribution in [3.63, 3.8) is 0 Å². The largest absolute Gasteiger partial charge is 0.483 e. The molecular weight excluding hydrogens is 470 g/mol. The number of amidine groups is 1. The number of primary amides is 1. The molecule has 0 aromatic heterocycles. The van der Waals surface area contributed by atoms with Gasteiger partial charge in [-0.15, -0.1) is 0 Å². The summed E-state index contributed by atoms with van der Waals surface area (Å²) in [7, 11) is 0. The molecule has 2 amide bonds. The average molecular weight is 497 g/mol. The number of carbonyl (C=O) groups excluding carboxylic acids is 2. The molecule has 0 saturated carbocycles. The van der Waals surface area contributed by atoms with Crippen molar-refractivity contribution in [2.75, 3.05) is 13.2 Å². The normalized spacial score (nSPS) is 11.5. The van der Waals surface area contributed by atoms with Gasteiger partial charge >= 0.3 is 0 Å². The molecule has 0 aliphatic heterocycles. The molecule has 0 fully saturated rings. The zero-order valence-corrected chi connectivity index (χ0v) is 19.5. The number of amides is 2. The van der Waals surface area contributed by atoms with E-state index in [4.69, 9.17) is 26.4 Å². The van der Waals surface area contributed by atoms with Gasteiger partial charge in [-0.05, 0) is 36.2 Å². The number of nitrogens with one attached hydrogen (secondary N) is 2. The summed E-state index contributed by atoms with van der Waals surface area (Å²) in [5.41, 5.74) is 11.7. The van der Waals surface area contributed by atoms with Gasteiger partial charge in [0.2, 0.25) is 0 Å². The van der Waals surface area contributed by atoms with E-state index in [2.05, 4.69) is 5.32 Å². The Morgan fingerprint density at radius 1 is 1.03 bits per heavy atom. The highest BCUT2D eigenvalue weighted by atomic mass is 19.1. The van der Waals surface area contributed by atoms with Gasteiger partial charge in [-0.2, -0.15) is 0 Å². The lowest BCUT2D eigenvalue weighted by atomic mass is 9.99. The second-order valence-electron chi connectivity index (χ2n) is 7.77. The lowest BCUT2D eigenvalue weighted by Gasteiger charge is -2.20. The maximum atomic E-state index is 15.2. The molecule has 1 atom stereocenters. The number of ether oxygens (including phenoxy) is 2. The summed E-state index contributed by atoms with van der Waals surface area (Å²) < 4.78 is 41.2. The van der Waals surface area contributed by atoms with Crippen molar-refractivity contribution in [3.05, 3.63) is 89.0 Å². The van der Waals surface area contributed by atoms with E-state index in [1.807, 2.05) is 0 Å². The van der Waals surface area contributed by atoms with E-state index < -0.39 is 41.7 Å². The fourth-order valence-electron chi connectivity index (χ4n) is 3.51. The molecule has 0 heterocycles. The molecule has 0 aliphatic carbocycles. The molecule has 36 heavy (non-hydrogen) atoms. The number of nitrogens with two attached hydrogens (primary N) is 2. The number of para-hydroxylation sites is 1. The minimum atomic E-state index is -1.53. The van der Waals surface area contributed by atoms with Crippen LogP contribution in [0.25, 0.3) is 11.1 Å². The zero-order valence-electron chi connectivity index (χ0n) is 19.5. The number of nitrogen functional groups attached to an aromatic ring is 1. The third-order valence-electron chi connectivity index (χ3n) is 5.21. The Hall–Kier alpha value is -4.31. The first-order chi connectivity index (χ1) is 17.2. The predicted octanol–water partition coefficient (Wildman–Crippen LogP) is 3.17. The molecule has 188 valence electrons. The Bertz CT molecular complexity index is 1240. The van der Waals surface area contributed by atoms with Crippen LogP contribution >= 0.6 is 0 Å². The molecule has 3 rings (SSSR count). The fraction of sp³-hybridized carbons (Fsp3) is 0.192. The molecule has 0 saturated heterocycles. The molecule has 3 aromatic rings. The van der Waals surface area contributed by atoms with E-state index in [0.717, 1.165) is 12.1 Å². The maximum Gasteiger partial charge on any atom is 0.255 e. The molecule has 3 aromatic carbocycles. The molecule has 0 bridgehead atoms. The summed E-state index contributed by atoms with van der Waals surface area (Å²) in [5.74, 6) is -3.24. The monoisotopic (exact) mass is 496 g/mol. The fourth-order valence-corrected chi connectivity index (χ4v) is 3.51. The smallest absolute Gasteiger partial charge is 0.255 e. The average Bonchev–Trinajstić information content (AvgIpc) is 2.85. The summed E-state index contributed by atoms with van der Waals surface area (Å²) in [6, 6.07) is 15.2. The minimum Gasteiger partial charge on any atom is -0.483 e. The highest BCUT2D eigenvalue weighted by molar-refractivity contribution is 5.94. The number of hydrogen-bond donors (Lipinski definition) is 4. The van der Waals surface area contributed by atoms with Crippen molar-refractivity contribution in [1.82, 2.24) is 5.32 Å². The molecule has 6 N–H and O–H groups in total. The van der Waals surface area contributed by atoms with Crippen LogP contribution < -0.4 is 21.5 Å². The lowest BCUT2D eigenvalue weighted by molar-refractivity contribution is -0.133. The third-order valence-corrected chi connectivity index (χ3v) is 5.21. The summed E-state index contributed by atoms with van der Waals surface area (Å²) in [4.78, 5) is 23.9. The Kier molecular flexibility index (Phi) is 8.69. The van der Waals surface area contributed by atoms with E-state index in [-0.39, 0.29) is 30.3 Å². The third kappa shape index (κ3) is 6.42. The van der Waals surface area contributed by atoms with Crippen molar-refractivity contribution in [2.24, 2.45) is 11.5 Å². The number of rotatable bonds is 11. The van der Waals surface area contributed by atoms with Crippen LogP contribution in [0.1, 0.15) is 29.7 Å². The van der Waals surface area contributed by atoms with Crippen LogP contribution in [0.3, 0.4) is 0 Å². The van der Waals surface area contributed by atoms with Gasteiger partial charge in [0.25, 0.3) is 11.8 Å². The van der Waals surface area contributed by atoms with Gasteiger partial charge in [-0.1, -0.05) is 42.5 Å². The van der Waals surface area contributed by atoms with Gasteiger partial charge in [-0.3, -0.25) is 15.0 Å². The molecule has 8 nitrogen and oxygen atoms in total. The predicted molar refractivity (Wildman–Crippen MR) is 130 cm³/mol. The minimum absolute atomic E-state index is 0.0375. The SMILES string of the molecule is CCO[C@H](C(=O)NCc1ccc(C(=N)N)cc1)c1c(F)cc(-c2ccccc2OCC(N)=O)cc1F. The topological polar surface area (TPSA) is 141 Å². The van der Waals surface area contributed by atoms with Crippen LogP contribution in [0.5, 0.6) is 5.75 Å². The van der Waals surface area contributed by atoms with Crippen LogP contribution in [0.2, 0.25) is 0 Å². The van der Waals surface area contributed by atoms with E-state index >= 15 is 8.78 Å². The Morgan fingerprint density at radius 2 is 1.67 bits per heavy atom. The molecule has 0 unspecified atom stereocenters. The van der Waals surface area contributed by atoms with E-state index in [1.165, 1.54) is 0 Å². The summed E-state index contributed by atoms with van der Waals surface area (Å²) in [6.07, 6.45) is -1.53. The summed E-state index contributed by atoms with van der Waals surface area (Å²) >= 11 is 0. The molecular formula is C26H26F2N4O4. The Balaban J connectivity index is 1.85. The van der Waals surface area contributed by atoms with E-state index in [1.54, 1.807) is 55.5 Å². The first-order valence-corrected chi connectivity index (χ1v) is 11.0. The van der Waals surface area contributed by atoms with Crippen molar-refractivity contribution < 1.29 is 27.8 Å². The number of hydrogen-bond acceptors (Lipinski definition) is 5. The van der Waals surface area contributed by atoms with Crippen molar-refractivity contribution in [1.29, 1.82) is 5.41 Å². The number of carbonyl (C=O) groups is 2. The first kappa shape index (κ1) is 26.3. The lowest BCUT2D eigenvalue weighted by Crippen LogP contribution is -2.31. The second kappa shape index (κ2) is 11.9. The van der Waals surface area contributed by atoms with Gasteiger partial charge in [-0.25, -0.2) is 8.78 Å². The van der Waals surface area contributed by atoms with Crippen molar-refractivity contribution in [3.8, 4) is 16.9 Å². The van der Waals surface area contributed by atoms with E-state index in [0.29, 0.717) is 16.7 Å². The number of benzene rings is 3. The van der Waals surface area contributed by atoms with Gasteiger partial charge < -0.3 is 26.3 Å². The summed E-state index contributed by atoms with van der Waals surface area (Å²) in [6.45, 7) is 1.32. The van der Waals surface area contributed by atoms with Crippen LogP contribution in [0.4, 0.5) is 8.78 Å². The molecule has 0 spiro atoms. The highest BCUT2D eigenvalue weighted by Gasteiger charge is 2.28. The summed E-state index contributed by atoms with van der Waals surface area (Å²) in [5, 5.41) is 10.1.